The van der Waals surface area contributed by atoms with Gasteiger partial charge in [0.25, 0.3) is 0 Å². The van der Waals surface area contributed by atoms with E-state index in [9.17, 15) is 4.79 Å². The van der Waals surface area contributed by atoms with Gasteiger partial charge in [-0.15, -0.1) is 0 Å². The summed E-state index contributed by atoms with van der Waals surface area (Å²) < 4.78 is 4.47. The highest BCUT2D eigenvalue weighted by Crippen LogP contribution is 2.29. The third kappa shape index (κ3) is 7.50. The molecule has 0 unspecified atom stereocenters. The molecule has 2 amide bonds. The zero-order valence-electron chi connectivity index (χ0n) is 20.5. The predicted octanol–water partition coefficient (Wildman–Crippen LogP) is 3.24. The van der Waals surface area contributed by atoms with E-state index in [1.807, 2.05) is 32.4 Å². The SMILES string of the molecule is CCCc1c(C/C=C/C(SN2CCn3nccc3C2)=C(/C)NC)cccc1N(C)C=O.NC=O. The molecule has 2 aromatic rings. The molecule has 1 aliphatic rings. The Hall–Kier alpha value is -3.04. The van der Waals surface area contributed by atoms with Crippen LogP contribution in [0.3, 0.4) is 0 Å². The van der Waals surface area contributed by atoms with Crippen LogP contribution >= 0.6 is 11.9 Å². The van der Waals surface area contributed by atoms with Crippen LogP contribution in [0.25, 0.3) is 0 Å². The second-order valence-corrected chi connectivity index (χ2v) is 9.00. The number of hydrogen-bond donors (Lipinski definition) is 2. The predicted molar refractivity (Wildman–Crippen MR) is 140 cm³/mol. The van der Waals surface area contributed by atoms with E-state index >= 15 is 0 Å². The lowest BCUT2D eigenvalue weighted by Gasteiger charge is -2.27. The Balaban J connectivity index is 0.00000129. The van der Waals surface area contributed by atoms with Gasteiger partial charge < -0.3 is 16.0 Å². The van der Waals surface area contributed by atoms with Crippen LogP contribution in [0.5, 0.6) is 0 Å². The lowest BCUT2D eigenvalue weighted by atomic mass is 9.98. The first-order chi connectivity index (χ1) is 16.5. The smallest absolute Gasteiger partial charge is 0.213 e. The van der Waals surface area contributed by atoms with Gasteiger partial charge in [0.2, 0.25) is 12.8 Å². The summed E-state index contributed by atoms with van der Waals surface area (Å²) in [4.78, 5) is 22.8. The first-order valence-corrected chi connectivity index (χ1v) is 12.2. The number of hydrogen-bond acceptors (Lipinski definition) is 6. The van der Waals surface area contributed by atoms with Crippen molar-refractivity contribution in [2.75, 3.05) is 25.5 Å². The van der Waals surface area contributed by atoms with Crippen molar-refractivity contribution >= 4 is 30.5 Å². The monoisotopic (exact) mass is 484 g/mol. The van der Waals surface area contributed by atoms with Crippen LogP contribution in [0, 0.1) is 0 Å². The Kier molecular flexibility index (Phi) is 11.4. The summed E-state index contributed by atoms with van der Waals surface area (Å²) in [5.74, 6) is 0. The number of benzene rings is 1. The third-order valence-corrected chi connectivity index (χ3v) is 6.78. The van der Waals surface area contributed by atoms with Crippen LogP contribution in [0.4, 0.5) is 5.69 Å². The molecule has 1 aromatic carbocycles. The quantitative estimate of drug-likeness (QED) is 0.305. The molecule has 0 saturated heterocycles. The zero-order chi connectivity index (χ0) is 24.9. The van der Waals surface area contributed by atoms with Gasteiger partial charge in [-0.05, 0) is 61.0 Å². The van der Waals surface area contributed by atoms with E-state index in [2.05, 4.69) is 63.3 Å². The van der Waals surface area contributed by atoms with Crippen LogP contribution < -0.4 is 16.0 Å². The number of anilines is 1. The Bertz CT molecular complexity index is 1000. The maximum absolute atomic E-state index is 11.3. The molecule has 0 fully saturated rings. The van der Waals surface area contributed by atoms with Gasteiger partial charge in [-0.3, -0.25) is 14.3 Å². The molecule has 0 bridgehead atoms. The molecule has 0 aliphatic carbocycles. The fraction of sp³-hybridized carbons (Fsp3) is 0.400. The van der Waals surface area contributed by atoms with Crippen molar-refractivity contribution in [3.63, 3.8) is 0 Å². The van der Waals surface area contributed by atoms with E-state index in [0.717, 1.165) is 56.7 Å². The minimum absolute atomic E-state index is 0.250. The molecule has 1 aliphatic heterocycles. The molecule has 0 spiro atoms. The second kappa shape index (κ2) is 14.3. The number of allylic oxidation sites excluding steroid dienone is 3. The number of nitrogens with one attached hydrogen (secondary N) is 1. The molecule has 3 rings (SSSR count). The van der Waals surface area contributed by atoms with Crippen LogP contribution in [0.1, 0.15) is 37.1 Å². The topological polar surface area (TPSA) is 96.5 Å². The van der Waals surface area contributed by atoms with E-state index in [0.29, 0.717) is 0 Å². The van der Waals surface area contributed by atoms with Crippen LogP contribution in [0.2, 0.25) is 0 Å². The highest BCUT2D eigenvalue weighted by molar-refractivity contribution is 8.01. The van der Waals surface area contributed by atoms with Crippen LogP contribution in [-0.4, -0.2) is 47.5 Å². The molecule has 0 saturated carbocycles. The Labute approximate surface area is 207 Å². The molecular formula is C25H36N6O2S. The first kappa shape index (κ1) is 27.2. The van der Waals surface area contributed by atoms with E-state index in [4.69, 9.17) is 4.79 Å². The average Bonchev–Trinajstić information content (AvgIpc) is 3.32. The van der Waals surface area contributed by atoms with E-state index in [-0.39, 0.29) is 6.41 Å². The number of primary amides is 1. The molecular weight excluding hydrogens is 448 g/mol. The third-order valence-electron chi connectivity index (χ3n) is 5.57. The lowest BCUT2D eigenvalue weighted by molar-refractivity contribution is -0.107. The lowest BCUT2D eigenvalue weighted by Crippen LogP contribution is -2.29. The largest absolute Gasteiger partial charge is 0.391 e. The van der Waals surface area contributed by atoms with Crippen molar-refractivity contribution in [1.82, 2.24) is 19.4 Å². The molecule has 1 aromatic heterocycles. The minimum Gasteiger partial charge on any atom is -0.391 e. The highest BCUT2D eigenvalue weighted by atomic mass is 32.2. The Morgan fingerprint density at radius 1 is 1.29 bits per heavy atom. The molecule has 9 heteroatoms. The first-order valence-electron chi connectivity index (χ1n) is 11.4. The molecule has 2 heterocycles. The Morgan fingerprint density at radius 3 is 2.74 bits per heavy atom. The maximum Gasteiger partial charge on any atom is 0.213 e. The number of rotatable bonds is 10. The van der Waals surface area contributed by atoms with Crippen molar-refractivity contribution in [2.24, 2.45) is 5.73 Å². The maximum atomic E-state index is 11.3. The molecule has 34 heavy (non-hydrogen) atoms. The summed E-state index contributed by atoms with van der Waals surface area (Å²) in [5.41, 5.74) is 10.1. The van der Waals surface area contributed by atoms with Crippen molar-refractivity contribution in [2.45, 2.75) is 46.2 Å². The van der Waals surface area contributed by atoms with Crippen molar-refractivity contribution in [3.05, 3.63) is 70.0 Å². The van der Waals surface area contributed by atoms with Crippen LogP contribution in [-0.2, 0) is 35.5 Å². The number of amides is 2. The van der Waals surface area contributed by atoms with Gasteiger partial charge in [-0.25, -0.2) is 4.31 Å². The summed E-state index contributed by atoms with van der Waals surface area (Å²) in [7, 11) is 3.78. The van der Waals surface area contributed by atoms with Gasteiger partial charge in [0, 0.05) is 43.1 Å². The Morgan fingerprint density at radius 2 is 2.06 bits per heavy atom. The van der Waals surface area contributed by atoms with Crippen molar-refractivity contribution < 1.29 is 9.59 Å². The second-order valence-electron chi connectivity index (χ2n) is 7.86. The van der Waals surface area contributed by atoms with Gasteiger partial charge >= 0.3 is 0 Å². The minimum atomic E-state index is 0.250. The molecule has 184 valence electrons. The molecule has 0 radical (unpaired) electrons. The summed E-state index contributed by atoms with van der Waals surface area (Å²) >= 11 is 1.79. The zero-order valence-corrected chi connectivity index (χ0v) is 21.3. The molecule has 8 nitrogen and oxygen atoms in total. The number of carbonyl (C=O) groups is 2. The fourth-order valence-electron chi connectivity index (χ4n) is 3.76. The van der Waals surface area contributed by atoms with Gasteiger partial charge in [-0.1, -0.05) is 31.6 Å². The van der Waals surface area contributed by atoms with Gasteiger partial charge in [-0.2, -0.15) is 5.10 Å². The summed E-state index contributed by atoms with van der Waals surface area (Å²) in [6.45, 7) is 7.06. The van der Waals surface area contributed by atoms with Crippen molar-refractivity contribution in [1.29, 1.82) is 0 Å². The van der Waals surface area contributed by atoms with Gasteiger partial charge in [0.05, 0.1) is 18.8 Å². The van der Waals surface area contributed by atoms with Crippen LogP contribution in [0.15, 0.2) is 53.2 Å². The highest BCUT2D eigenvalue weighted by Gasteiger charge is 2.18. The normalized spacial score (nSPS) is 14.0. The average molecular weight is 485 g/mol. The number of nitrogens with two attached hydrogens (primary N) is 1. The molecule has 3 N–H and O–H groups in total. The standard InChI is InChI=1S/C24H33N5OS.CH3NO/c1-5-8-22-20(9-6-11-23(22)27(4)18-30)10-7-12-24(19(2)25-3)31-28-15-16-29-21(17-28)13-14-26-29;2-1-3/h6-7,9,11-14,18,25H,5,8,10,15-17H2,1-4H3;1H,(H2,2,3)/b12-7+,24-19+;. The molecule has 0 atom stereocenters. The van der Waals surface area contributed by atoms with Gasteiger partial charge in [0.1, 0.15) is 0 Å². The van der Waals surface area contributed by atoms with Crippen molar-refractivity contribution in [3.8, 4) is 0 Å². The van der Waals surface area contributed by atoms with E-state index in [1.165, 1.54) is 21.7 Å². The summed E-state index contributed by atoms with van der Waals surface area (Å²) in [5, 5.41) is 7.67. The number of aromatic nitrogens is 2. The summed E-state index contributed by atoms with van der Waals surface area (Å²) in [6, 6.07) is 8.33. The van der Waals surface area contributed by atoms with Gasteiger partial charge in [0.15, 0.2) is 0 Å². The van der Waals surface area contributed by atoms with E-state index < -0.39 is 0 Å². The fourth-order valence-corrected chi connectivity index (χ4v) is 4.80. The number of fused-ring (bicyclic) bond motifs is 1. The number of nitrogens with zero attached hydrogens (tertiary/aromatic N) is 4. The van der Waals surface area contributed by atoms with E-state index in [1.54, 1.807) is 16.8 Å². The summed E-state index contributed by atoms with van der Waals surface area (Å²) in [6.07, 6.45) is 10.3. The number of carbonyl (C=O) groups excluding carboxylic acids is 2.